The lowest BCUT2D eigenvalue weighted by Gasteiger charge is -2.29. The van der Waals surface area contributed by atoms with E-state index in [0.29, 0.717) is 16.9 Å². The van der Waals surface area contributed by atoms with Crippen LogP contribution in [-0.4, -0.2) is 6.04 Å². The first-order valence-electron chi connectivity index (χ1n) is 6.67. The lowest BCUT2D eigenvalue weighted by atomic mass is 9.80. The molecule has 0 fully saturated rings. The maximum atomic E-state index is 9.41. The lowest BCUT2D eigenvalue weighted by Crippen LogP contribution is -2.30. The Morgan fingerprint density at radius 2 is 2.05 bits per heavy atom. The number of benzene rings is 1. The maximum absolute atomic E-state index is 9.41. The molecule has 1 aromatic rings. The summed E-state index contributed by atoms with van der Waals surface area (Å²) in [6.45, 7) is 4.37. The normalized spacial score (nSPS) is 24.2. The molecule has 1 aliphatic carbocycles. The van der Waals surface area contributed by atoms with Gasteiger partial charge in [-0.1, -0.05) is 30.2 Å². The molecule has 3 heteroatoms. The smallest absolute Gasteiger partial charge is 0.117 e. The van der Waals surface area contributed by atoms with Crippen LogP contribution in [0.5, 0.6) is 0 Å². The number of nitriles is 1. The summed E-state index contributed by atoms with van der Waals surface area (Å²) in [5, 5.41) is 13.4. The zero-order valence-corrected chi connectivity index (χ0v) is 12.1. The summed E-state index contributed by atoms with van der Waals surface area (Å²) >= 11 is 5.87. The fourth-order valence-electron chi connectivity index (χ4n) is 2.83. The third-order valence-corrected chi connectivity index (χ3v) is 3.86. The number of halogens is 1. The third-order valence-electron chi connectivity index (χ3n) is 3.60. The van der Waals surface area contributed by atoms with E-state index in [0.717, 1.165) is 18.5 Å². The highest BCUT2D eigenvalue weighted by Gasteiger charge is 2.26. The van der Waals surface area contributed by atoms with Crippen molar-refractivity contribution in [3.63, 3.8) is 0 Å². The maximum Gasteiger partial charge on any atom is 0.117 e. The molecule has 1 N–H and O–H groups in total. The Hall–Kier alpha value is -1.46. The van der Waals surface area contributed by atoms with Crippen LogP contribution in [-0.2, 0) is 0 Å². The number of anilines is 1. The summed E-state index contributed by atoms with van der Waals surface area (Å²) in [6, 6.07) is 9.78. The van der Waals surface area contributed by atoms with Gasteiger partial charge in [0.15, 0.2) is 0 Å². The predicted octanol–water partition coefficient (Wildman–Crippen LogP) is 4.64. The second kappa shape index (κ2) is 6.12. The number of nitrogens with one attached hydrogen (secondary N) is 1. The quantitative estimate of drug-likeness (QED) is 0.815. The van der Waals surface area contributed by atoms with Gasteiger partial charge in [-0.2, -0.15) is 5.26 Å². The summed E-state index contributed by atoms with van der Waals surface area (Å²) in [6.07, 6.45) is 4.38. The van der Waals surface area contributed by atoms with Gasteiger partial charge in [0.1, 0.15) is 6.04 Å². The van der Waals surface area contributed by atoms with E-state index in [1.165, 1.54) is 5.57 Å². The molecule has 0 radical (unpaired) electrons. The highest BCUT2D eigenvalue weighted by atomic mass is 35.5. The Balaban J connectivity index is 2.07. The van der Waals surface area contributed by atoms with E-state index in [1.54, 1.807) is 0 Å². The average molecular weight is 275 g/mol. The van der Waals surface area contributed by atoms with Gasteiger partial charge in [-0.25, -0.2) is 0 Å². The van der Waals surface area contributed by atoms with Crippen molar-refractivity contribution in [3.05, 3.63) is 40.9 Å². The molecule has 0 saturated carbocycles. The summed E-state index contributed by atoms with van der Waals surface area (Å²) in [5.74, 6) is 0.933. The van der Waals surface area contributed by atoms with Crippen molar-refractivity contribution in [2.24, 2.45) is 11.8 Å². The van der Waals surface area contributed by atoms with Crippen LogP contribution in [0.3, 0.4) is 0 Å². The van der Waals surface area contributed by atoms with Gasteiger partial charge in [-0.15, -0.1) is 0 Å². The minimum atomic E-state index is -0.146. The summed E-state index contributed by atoms with van der Waals surface area (Å²) in [7, 11) is 0. The number of hydrogen-bond acceptors (Lipinski definition) is 2. The third kappa shape index (κ3) is 3.75. The SMILES string of the molecule is CC1=CC(C)CC(C(C#N)Nc2ccc(Cl)cc2)C1. The highest BCUT2D eigenvalue weighted by Crippen LogP contribution is 2.31. The molecule has 3 unspecified atom stereocenters. The van der Waals surface area contributed by atoms with E-state index in [1.807, 2.05) is 24.3 Å². The van der Waals surface area contributed by atoms with Crippen LogP contribution < -0.4 is 5.32 Å². The van der Waals surface area contributed by atoms with Crippen molar-refractivity contribution in [1.82, 2.24) is 0 Å². The van der Waals surface area contributed by atoms with Gasteiger partial charge in [-0.3, -0.25) is 0 Å². The zero-order valence-electron chi connectivity index (χ0n) is 11.4. The van der Waals surface area contributed by atoms with Crippen LogP contribution >= 0.6 is 11.6 Å². The topological polar surface area (TPSA) is 35.8 Å². The van der Waals surface area contributed by atoms with Gasteiger partial charge in [-0.05, 0) is 55.9 Å². The molecule has 19 heavy (non-hydrogen) atoms. The summed E-state index contributed by atoms with van der Waals surface area (Å²) in [4.78, 5) is 0. The molecule has 2 rings (SSSR count). The second-order valence-electron chi connectivity index (χ2n) is 5.45. The Labute approximate surface area is 120 Å². The number of allylic oxidation sites excluding steroid dienone is 2. The first-order valence-corrected chi connectivity index (χ1v) is 7.05. The number of nitrogens with zero attached hydrogens (tertiary/aromatic N) is 1. The van der Waals surface area contributed by atoms with Crippen molar-refractivity contribution in [3.8, 4) is 6.07 Å². The van der Waals surface area contributed by atoms with Crippen molar-refractivity contribution >= 4 is 17.3 Å². The fourth-order valence-corrected chi connectivity index (χ4v) is 2.96. The van der Waals surface area contributed by atoms with Crippen LogP contribution in [0.4, 0.5) is 5.69 Å². The fraction of sp³-hybridized carbons (Fsp3) is 0.438. The van der Waals surface area contributed by atoms with Gasteiger partial charge in [0, 0.05) is 10.7 Å². The second-order valence-corrected chi connectivity index (χ2v) is 5.88. The molecule has 3 atom stereocenters. The van der Waals surface area contributed by atoms with E-state index in [9.17, 15) is 5.26 Å². The monoisotopic (exact) mass is 274 g/mol. The summed E-state index contributed by atoms with van der Waals surface area (Å²) in [5.41, 5.74) is 2.35. The summed E-state index contributed by atoms with van der Waals surface area (Å²) < 4.78 is 0. The van der Waals surface area contributed by atoms with Gasteiger partial charge in [0.25, 0.3) is 0 Å². The van der Waals surface area contributed by atoms with E-state index in [4.69, 9.17) is 11.6 Å². The molecule has 0 saturated heterocycles. The van der Waals surface area contributed by atoms with Crippen molar-refractivity contribution in [2.45, 2.75) is 32.7 Å². The molecule has 1 aromatic carbocycles. The number of rotatable bonds is 3. The van der Waals surface area contributed by atoms with Crippen LogP contribution in [0.2, 0.25) is 5.02 Å². The molecule has 0 aliphatic heterocycles. The van der Waals surface area contributed by atoms with Crippen LogP contribution in [0, 0.1) is 23.2 Å². The number of hydrogen-bond donors (Lipinski definition) is 1. The minimum absolute atomic E-state index is 0.146. The van der Waals surface area contributed by atoms with Crippen molar-refractivity contribution in [1.29, 1.82) is 5.26 Å². The molecule has 1 aliphatic rings. The molecule has 0 heterocycles. The molecular formula is C16H19ClN2. The molecule has 0 spiro atoms. The molecule has 0 aromatic heterocycles. The van der Waals surface area contributed by atoms with Gasteiger partial charge in [0.2, 0.25) is 0 Å². The van der Waals surface area contributed by atoms with E-state index in [-0.39, 0.29) is 6.04 Å². The van der Waals surface area contributed by atoms with Gasteiger partial charge in [0.05, 0.1) is 6.07 Å². The average Bonchev–Trinajstić information content (AvgIpc) is 2.37. The standard InChI is InChI=1S/C16H19ClN2/c1-11-7-12(2)9-13(8-11)16(10-18)19-15-5-3-14(17)4-6-15/h3-7,11,13,16,19H,8-9H2,1-2H3. The first-order chi connectivity index (χ1) is 9.08. The van der Waals surface area contributed by atoms with Crippen molar-refractivity contribution < 1.29 is 0 Å². The van der Waals surface area contributed by atoms with Gasteiger partial charge >= 0.3 is 0 Å². The van der Waals surface area contributed by atoms with Crippen molar-refractivity contribution in [2.75, 3.05) is 5.32 Å². The predicted molar refractivity (Wildman–Crippen MR) is 80.1 cm³/mol. The first kappa shape index (κ1) is 14.0. The Bertz CT molecular complexity index is 498. The van der Waals surface area contributed by atoms with Crippen LogP contribution in [0.15, 0.2) is 35.9 Å². The van der Waals surface area contributed by atoms with Crippen LogP contribution in [0.25, 0.3) is 0 Å². The van der Waals surface area contributed by atoms with E-state index in [2.05, 4.69) is 31.3 Å². The molecule has 0 amide bonds. The Morgan fingerprint density at radius 1 is 1.37 bits per heavy atom. The largest absolute Gasteiger partial charge is 0.370 e. The zero-order chi connectivity index (χ0) is 13.8. The Morgan fingerprint density at radius 3 is 2.63 bits per heavy atom. The Kier molecular flexibility index (Phi) is 4.50. The lowest BCUT2D eigenvalue weighted by molar-refractivity contribution is 0.388. The minimum Gasteiger partial charge on any atom is -0.370 e. The molecule has 0 bridgehead atoms. The van der Waals surface area contributed by atoms with Gasteiger partial charge < -0.3 is 5.32 Å². The molecule has 100 valence electrons. The molecular weight excluding hydrogens is 256 g/mol. The van der Waals surface area contributed by atoms with E-state index >= 15 is 0 Å². The van der Waals surface area contributed by atoms with Crippen LogP contribution in [0.1, 0.15) is 26.7 Å². The molecule has 2 nitrogen and oxygen atoms in total. The highest BCUT2D eigenvalue weighted by molar-refractivity contribution is 6.30. The van der Waals surface area contributed by atoms with E-state index < -0.39 is 0 Å².